The first-order chi connectivity index (χ1) is 19.8. The molecule has 0 aliphatic carbocycles. The molecule has 224 valence electrons. The fourth-order valence-corrected chi connectivity index (χ4v) is 5.61. The van der Waals surface area contributed by atoms with Crippen LogP contribution in [-0.4, -0.2) is 19.6 Å². The van der Waals surface area contributed by atoms with Crippen molar-refractivity contribution in [1.29, 1.82) is 0 Å². The number of fused-ring (bicyclic) bond motifs is 4. The molecule has 0 unspecified atom stereocenters. The summed E-state index contributed by atoms with van der Waals surface area (Å²) in [5.41, 5.74) is 5.91. The Morgan fingerprint density at radius 3 is 2.35 bits per heavy atom. The normalized spacial score (nSPS) is 12.3. The van der Waals surface area contributed by atoms with Gasteiger partial charge in [-0.15, -0.1) is 17.5 Å². The van der Waals surface area contributed by atoms with Crippen LogP contribution in [0.1, 0.15) is 78.0 Å². The topological polar surface area (TPSA) is 60.2 Å². The van der Waals surface area contributed by atoms with Crippen LogP contribution in [0.15, 0.2) is 72.9 Å². The maximum Gasteiger partial charge on any atom is 0.217 e. The van der Waals surface area contributed by atoms with Crippen LogP contribution in [0.3, 0.4) is 0 Å². The molecular formula is C37H38N3O2Pt-. The van der Waals surface area contributed by atoms with Crippen molar-refractivity contribution in [3.8, 4) is 23.2 Å². The predicted octanol–water partition coefficient (Wildman–Crippen LogP) is 9.74. The zero-order chi connectivity index (χ0) is 30.0. The molecule has 0 fully saturated rings. The number of benzene rings is 3. The second kappa shape index (κ2) is 11.1. The number of hydrogen-bond donors (Lipinski definition) is 1. The Bertz CT molecular complexity index is 1980. The van der Waals surface area contributed by atoms with Gasteiger partial charge in [0.2, 0.25) is 5.88 Å². The monoisotopic (exact) mass is 751 g/mol. The van der Waals surface area contributed by atoms with Gasteiger partial charge in [0.25, 0.3) is 0 Å². The van der Waals surface area contributed by atoms with Crippen LogP contribution in [0, 0.1) is 6.07 Å². The molecule has 0 saturated carbocycles. The summed E-state index contributed by atoms with van der Waals surface area (Å²) in [4.78, 5) is 9.46. The summed E-state index contributed by atoms with van der Waals surface area (Å²) < 4.78 is 8.47. The quantitative estimate of drug-likeness (QED) is 0.182. The van der Waals surface area contributed by atoms with E-state index in [4.69, 9.17) is 9.72 Å². The summed E-state index contributed by atoms with van der Waals surface area (Å²) in [6.07, 6.45) is 1.88. The van der Waals surface area contributed by atoms with Crippen molar-refractivity contribution in [2.45, 2.75) is 72.1 Å². The molecule has 6 rings (SSSR count). The number of ether oxygens (including phenoxy) is 1. The Labute approximate surface area is 268 Å². The summed E-state index contributed by atoms with van der Waals surface area (Å²) in [5, 5.41) is 14.0. The van der Waals surface area contributed by atoms with Crippen molar-refractivity contribution in [1.82, 2.24) is 14.5 Å². The molecule has 3 heterocycles. The Kier molecular flexibility index (Phi) is 7.94. The van der Waals surface area contributed by atoms with E-state index in [9.17, 15) is 5.11 Å². The average Bonchev–Trinajstić information content (AvgIpc) is 3.26. The van der Waals surface area contributed by atoms with Gasteiger partial charge in [0.1, 0.15) is 17.1 Å². The molecule has 6 heteroatoms. The molecule has 1 N–H and O–H groups in total. The van der Waals surface area contributed by atoms with E-state index in [-0.39, 0.29) is 37.6 Å². The third kappa shape index (κ3) is 5.68. The largest absolute Gasteiger partial charge is 0.506 e. The summed E-state index contributed by atoms with van der Waals surface area (Å²) in [7, 11) is 0. The van der Waals surface area contributed by atoms with Crippen LogP contribution >= 0.6 is 0 Å². The van der Waals surface area contributed by atoms with Gasteiger partial charge in [-0.05, 0) is 75.2 Å². The maximum absolute atomic E-state index is 10.8. The molecule has 43 heavy (non-hydrogen) atoms. The predicted molar refractivity (Wildman–Crippen MR) is 172 cm³/mol. The number of hydrogen-bond acceptors (Lipinski definition) is 4. The molecule has 0 aliphatic heterocycles. The molecule has 6 aromatic rings. The summed E-state index contributed by atoms with van der Waals surface area (Å²) in [5.74, 6) is 2.32. The van der Waals surface area contributed by atoms with Crippen molar-refractivity contribution < 1.29 is 30.9 Å². The molecule has 3 aromatic heterocycles. The summed E-state index contributed by atoms with van der Waals surface area (Å²) >= 11 is 0. The van der Waals surface area contributed by atoms with E-state index in [2.05, 4.69) is 113 Å². The Morgan fingerprint density at radius 1 is 0.884 bits per heavy atom. The second-order valence-electron chi connectivity index (χ2n) is 13.5. The fraction of sp³-hybridized carbons (Fsp3) is 0.297. The Morgan fingerprint density at radius 2 is 1.65 bits per heavy atom. The Balaban J connectivity index is 0.00000368. The molecule has 0 aliphatic rings. The molecule has 0 spiro atoms. The minimum Gasteiger partial charge on any atom is -0.506 e. The SMILES string of the molecule is CC(C)c1ccnc(-n2c3[c-]c(Oc4ccc5cc(C(C)(C)C)cc(O)c5n4)ccc3c3c(C(C)(C)C)cccc32)c1.[Pt]. The van der Waals surface area contributed by atoms with Crippen molar-refractivity contribution in [2.75, 3.05) is 0 Å². The van der Waals surface area contributed by atoms with E-state index in [1.54, 1.807) is 6.07 Å². The van der Waals surface area contributed by atoms with Crippen LogP contribution < -0.4 is 4.74 Å². The minimum atomic E-state index is -0.0833. The molecule has 0 saturated heterocycles. The molecular weight excluding hydrogens is 714 g/mol. The number of aromatic hydroxyl groups is 1. The second-order valence-corrected chi connectivity index (χ2v) is 13.5. The Hall–Kier alpha value is -3.69. The van der Waals surface area contributed by atoms with Crippen LogP contribution in [0.2, 0.25) is 0 Å². The number of nitrogens with zero attached hydrogens (tertiary/aromatic N) is 3. The summed E-state index contributed by atoms with van der Waals surface area (Å²) in [6, 6.07) is 26.0. The van der Waals surface area contributed by atoms with Crippen molar-refractivity contribution in [3.05, 3.63) is 95.7 Å². The zero-order valence-electron chi connectivity index (χ0n) is 26.0. The zero-order valence-corrected chi connectivity index (χ0v) is 28.3. The van der Waals surface area contributed by atoms with Crippen LogP contribution in [0.4, 0.5) is 0 Å². The summed E-state index contributed by atoms with van der Waals surface area (Å²) in [6.45, 7) is 17.5. The fourth-order valence-electron chi connectivity index (χ4n) is 5.61. The van der Waals surface area contributed by atoms with Crippen molar-refractivity contribution in [3.63, 3.8) is 0 Å². The van der Waals surface area contributed by atoms with E-state index >= 15 is 0 Å². The first kappa shape index (κ1) is 30.8. The van der Waals surface area contributed by atoms with Crippen LogP contribution in [0.5, 0.6) is 17.4 Å². The molecule has 0 bridgehead atoms. The van der Waals surface area contributed by atoms with E-state index in [0.29, 0.717) is 23.1 Å². The van der Waals surface area contributed by atoms with E-state index in [1.165, 1.54) is 16.5 Å². The van der Waals surface area contributed by atoms with Gasteiger partial charge in [0, 0.05) is 50.0 Å². The first-order valence-electron chi connectivity index (χ1n) is 14.6. The van der Waals surface area contributed by atoms with Gasteiger partial charge in [0.05, 0.1) is 0 Å². The number of rotatable bonds is 4. The van der Waals surface area contributed by atoms with Gasteiger partial charge in [0.15, 0.2) is 0 Å². The van der Waals surface area contributed by atoms with E-state index in [1.807, 2.05) is 24.4 Å². The van der Waals surface area contributed by atoms with E-state index < -0.39 is 0 Å². The standard InChI is InChI=1S/C37H38N3O2.Pt/c1-22(2)23-16-17-38-32(19-23)40-29-11-9-10-28(37(6,7)8)34(29)27-14-13-26(21-30(27)40)42-33-15-12-24-18-25(36(3,4)5)20-31(41)35(24)39-33;/h9-20,22,41H,1-8H3;/q-1;. The van der Waals surface area contributed by atoms with Gasteiger partial charge >= 0.3 is 0 Å². The third-order valence-electron chi connectivity index (χ3n) is 7.98. The third-order valence-corrected chi connectivity index (χ3v) is 7.98. The smallest absolute Gasteiger partial charge is 0.217 e. The minimum absolute atomic E-state index is 0. The van der Waals surface area contributed by atoms with Crippen LogP contribution in [-0.2, 0) is 31.9 Å². The number of aromatic nitrogens is 3. The average molecular weight is 752 g/mol. The van der Waals surface area contributed by atoms with Crippen molar-refractivity contribution in [2.24, 2.45) is 0 Å². The molecule has 5 nitrogen and oxygen atoms in total. The number of phenolic OH excluding ortho intramolecular Hbond substituents is 1. The van der Waals surface area contributed by atoms with Gasteiger partial charge < -0.3 is 14.4 Å². The maximum atomic E-state index is 10.8. The van der Waals surface area contributed by atoms with Gasteiger partial charge in [-0.2, -0.15) is 6.07 Å². The van der Waals surface area contributed by atoms with Crippen molar-refractivity contribution >= 4 is 32.7 Å². The molecule has 0 amide bonds. The van der Waals surface area contributed by atoms with Gasteiger partial charge in [-0.3, -0.25) is 0 Å². The molecule has 0 radical (unpaired) electrons. The number of phenols is 1. The first-order valence-corrected chi connectivity index (χ1v) is 14.6. The van der Waals surface area contributed by atoms with Gasteiger partial charge in [-0.25, -0.2) is 9.97 Å². The molecule has 3 aromatic carbocycles. The number of pyridine rings is 2. The van der Waals surface area contributed by atoms with E-state index in [0.717, 1.165) is 33.2 Å². The van der Waals surface area contributed by atoms with Gasteiger partial charge in [-0.1, -0.05) is 73.0 Å². The van der Waals surface area contributed by atoms with Crippen LogP contribution in [0.25, 0.3) is 38.5 Å². The molecule has 0 atom stereocenters.